The lowest BCUT2D eigenvalue weighted by Crippen LogP contribution is -1.92. The standard InChI is InChI=1S/C12H18BrNS/c1-8(2)4-5-15-12-6-9(3)11(14)7-10(12)13/h6-8H,4-5,14H2,1-3H3. The Bertz CT molecular complexity index is 337. The molecule has 0 bridgehead atoms. The fourth-order valence-electron chi connectivity index (χ4n) is 1.19. The third kappa shape index (κ3) is 4.07. The van der Waals surface area contributed by atoms with Gasteiger partial charge in [-0.05, 0) is 58.6 Å². The second-order valence-electron chi connectivity index (χ2n) is 4.17. The number of benzene rings is 1. The minimum Gasteiger partial charge on any atom is -0.398 e. The third-order valence-electron chi connectivity index (χ3n) is 2.27. The van der Waals surface area contributed by atoms with E-state index in [2.05, 4.69) is 35.8 Å². The molecule has 15 heavy (non-hydrogen) atoms. The fourth-order valence-corrected chi connectivity index (χ4v) is 3.16. The van der Waals surface area contributed by atoms with Crippen LogP contribution in [-0.4, -0.2) is 5.75 Å². The Labute approximate surface area is 105 Å². The summed E-state index contributed by atoms with van der Waals surface area (Å²) in [5, 5.41) is 0. The van der Waals surface area contributed by atoms with Crippen LogP contribution in [0.2, 0.25) is 0 Å². The van der Waals surface area contributed by atoms with E-state index in [9.17, 15) is 0 Å². The van der Waals surface area contributed by atoms with E-state index in [4.69, 9.17) is 5.73 Å². The fraction of sp³-hybridized carbons (Fsp3) is 0.500. The Morgan fingerprint density at radius 2 is 2.07 bits per heavy atom. The average molecular weight is 288 g/mol. The monoisotopic (exact) mass is 287 g/mol. The Morgan fingerprint density at radius 3 is 2.67 bits per heavy atom. The molecule has 84 valence electrons. The van der Waals surface area contributed by atoms with Gasteiger partial charge in [-0.1, -0.05) is 13.8 Å². The highest BCUT2D eigenvalue weighted by Crippen LogP contribution is 2.32. The summed E-state index contributed by atoms with van der Waals surface area (Å²) in [6.07, 6.45) is 1.25. The van der Waals surface area contributed by atoms with Crippen LogP contribution < -0.4 is 5.73 Å². The van der Waals surface area contributed by atoms with Gasteiger partial charge in [-0.15, -0.1) is 11.8 Å². The van der Waals surface area contributed by atoms with Gasteiger partial charge in [0.1, 0.15) is 0 Å². The quantitative estimate of drug-likeness (QED) is 0.653. The molecule has 1 aromatic carbocycles. The zero-order valence-electron chi connectivity index (χ0n) is 9.51. The minimum atomic E-state index is 0.770. The zero-order chi connectivity index (χ0) is 11.4. The van der Waals surface area contributed by atoms with Crippen molar-refractivity contribution in [3.05, 3.63) is 22.2 Å². The lowest BCUT2D eigenvalue weighted by atomic mass is 10.2. The number of rotatable bonds is 4. The highest BCUT2D eigenvalue weighted by Gasteiger charge is 2.04. The summed E-state index contributed by atoms with van der Waals surface area (Å²) in [5.74, 6) is 1.94. The summed E-state index contributed by atoms with van der Waals surface area (Å²) in [6.45, 7) is 6.56. The van der Waals surface area contributed by atoms with Crippen molar-refractivity contribution in [2.45, 2.75) is 32.1 Å². The number of nitrogen functional groups attached to an aromatic ring is 1. The first kappa shape index (κ1) is 12.9. The van der Waals surface area contributed by atoms with Crippen molar-refractivity contribution in [3.8, 4) is 0 Å². The Hall–Kier alpha value is -0.150. The van der Waals surface area contributed by atoms with Crippen LogP contribution in [0.4, 0.5) is 5.69 Å². The average Bonchev–Trinajstić information content (AvgIpc) is 2.13. The van der Waals surface area contributed by atoms with Gasteiger partial charge in [0.25, 0.3) is 0 Å². The lowest BCUT2D eigenvalue weighted by molar-refractivity contribution is 0.632. The lowest BCUT2D eigenvalue weighted by Gasteiger charge is -2.09. The maximum Gasteiger partial charge on any atom is 0.0355 e. The molecule has 0 fully saturated rings. The molecule has 0 radical (unpaired) electrons. The van der Waals surface area contributed by atoms with Crippen molar-refractivity contribution in [2.24, 2.45) is 5.92 Å². The van der Waals surface area contributed by atoms with E-state index in [1.807, 2.05) is 24.8 Å². The van der Waals surface area contributed by atoms with Gasteiger partial charge in [0.2, 0.25) is 0 Å². The molecule has 0 aromatic heterocycles. The summed E-state index contributed by atoms with van der Waals surface area (Å²) in [4.78, 5) is 1.29. The van der Waals surface area contributed by atoms with E-state index in [0.29, 0.717) is 0 Å². The van der Waals surface area contributed by atoms with Gasteiger partial charge >= 0.3 is 0 Å². The van der Waals surface area contributed by atoms with E-state index < -0.39 is 0 Å². The maximum atomic E-state index is 5.83. The van der Waals surface area contributed by atoms with Crippen LogP contribution in [0.1, 0.15) is 25.8 Å². The van der Waals surface area contributed by atoms with E-state index >= 15 is 0 Å². The topological polar surface area (TPSA) is 26.0 Å². The molecule has 1 rings (SSSR count). The number of thioether (sulfide) groups is 1. The van der Waals surface area contributed by atoms with Crippen LogP contribution in [0.25, 0.3) is 0 Å². The molecule has 0 spiro atoms. The molecular formula is C12H18BrNS. The van der Waals surface area contributed by atoms with Crippen LogP contribution in [0.15, 0.2) is 21.5 Å². The largest absolute Gasteiger partial charge is 0.398 e. The Kier molecular flexibility index (Phi) is 5.00. The molecule has 0 aliphatic heterocycles. The smallest absolute Gasteiger partial charge is 0.0355 e. The van der Waals surface area contributed by atoms with Crippen molar-refractivity contribution < 1.29 is 0 Å². The molecule has 0 aliphatic carbocycles. The SMILES string of the molecule is Cc1cc(SCCC(C)C)c(Br)cc1N. The summed E-state index contributed by atoms with van der Waals surface area (Å²) >= 11 is 5.44. The van der Waals surface area contributed by atoms with Crippen LogP contribution in [0, 0.1) is 12.8 Å². The Balaban J connectivity index is 2.65. The molecule has 3 heteroatoms. The molecule has 0 amide bonds. The highest BCUT2D eigenvalue weighted by atomic mass is 79.9. The molecule has 0 heterocycles. The normalized spacial score (nSPS) is 11.0. The summed E-state index contributed by atoms with van der Waals surface area (Å²) in [5.41, 5.74) is 7.84. The van der Waals surface area contributed by atoms with Crippen LogP contribution in [0.3, 0.4) is 0 Å². The molecular weight excluding hydrogens is 270 g/mol. The minimum absolute atomic E-state index is 0.770. The first-order chi connectivity index (χ1) is 7.00. The molecule has 0 atom stereocenters. The van der Waals surface area contributed by atoms with E-state index in [-0.39, 0.29) is 0 Å². The predicted molar refractivity (Wildman–Crippen MR) is 73.5 cm³/mol. The maximum absolute atomic E-state index is 5.83. The van der Waals surface area contributed by atoms with Gasteiger partial charge in [-0.2, -0.15) is 0 Å². The summed E-state index contributed by atoms with van der Waals surface area (Å²) in [6, 6.07) is 4.15. The molecule has 2 N–H and O–H groups in total. The van der Waals surface area contributed by atoms with Gasteiger partial charge < -0.3 is 5.73 Å². The van der Waals surface area contributed by atoms with Gasteiger partial charge in [0.15, 0.2) is 0 Å². The highest BCUT2D eigenvalue weighted by molar-refractivity contribution is 9.10. The number of anilines is 1. The molecule has 0 aliphatic rings. The second-order valence-corrected chi connectivity index (χ2v) is 6.16. The number of halogens is 1. The summed E-state index contributed by atoms with van der Waals surface area (Å²) in [7, 11) is 0. The number of hydrogen-bond acceptors (Lipinski definition) is 2. The molecule has 0 saturated heterocycles. The van der Waals surface area contributed by atoms with E-state index in [1.54, 1.807) is 0 Å². The van der Waals surface area contributed by atoms with Crippen molar-refractivity contribution in [3.63, 3.8) is 0 Å². The molecule has 0 unspecified atom stereocenters. The van der Waals surface area contributed by atoms with Gasteiger partial charge in [-0.3, -0.25) is 0 Å². The van der Waals surface area contributed by atoms with Gasteiger partial charge in [0.05, 0.1) is 0 Å². The van der Waals surface area contributed by atoms with Crippen LogP contribution in [-0.2, 0) is 0 Å². The number of hydrogen-bond donors (Lipinski definition) is 1. The summed E-state index contributed by atoms with van der Waals surface area (Å²) < 4.78 is 1.11. The van der Waals surface area contributed by atoms with Crippen LogP contribution in [0.5, 0.6) is 0 Å². The van der Waals surface area contributed by atoms with Crippen LogP contribution >= 0.6 is 27.7 Å². The zero-order valence-corrected chi connectivity index (χ0v) is 11.9. The molecule has 1 aromatic rings. The van der Waals surface area contributed by atoms with Crippen molar-refractivity contribution in [2.75, 3.05) is 11.5 Å². The third-order valence-corrected chi connectivity index (χ3v) is 4.28. The first-order valence-electron chi connectivity index (χ1n) is 5.19. The van der Waals surface area contributed by atoms with Crippen molar-refractivity contribution >= 4 is 33.4 Å². The van der Waals surface area contributed by atoms with E-state index in [0.717, 1.165) is 21.6 Å². The van der Waals surface area contributed by atoms with Crippen molar-refractivity contribution in [1.29, 1.82) is 0 Å². The second kappa shape index (κ2) is 5.80. The van der Waals surface area contributed by atoms with Gasteiger partial charge in [0, 0.05) is 15.1 Å². The first-order valence-corrected chi connectivity index (χ1v) is 6.97. The van der Waals surface area contributed by atoms with Crippen molar-refractivity contribution in [1.82, 2.24) is 0 Å². The molecule has 1 nitrogen and oxygen atoms in total. The predicted octanol–water partition coefficient (Wildman–Crippen LogP) is 4.48. The van der Waals surface area contributed by atoms with E-state index in [1.165, 1.54) is 17.1 Å². The molecule has 0 saturated carbocycles. The Morgan fingerprint density at radius 1 is 1.40 bits per heavy atom. The van der Waals surface area contributed by atoms with Gasteiger partial charge in [-0.25, -0.2) is 0 Å². The number of nitrogens with two attached hydrogens (primary N) is 1. The number of aryl methyl sites for hydroxylation is 1.